The quantitative estimate of drug-likeness (QED) is 0.754. The number of rotatable bonds is 8. The molecule has 4 nitrogen and oxygen atoms in total. The van der Waals surface area contributed by atoms with Crippen LogP contribution in [0.15, 0.2) is 10.9 Å². The highest BCUT2D eigenvalue weighted by molar-refractivity contribution is 4.87. The van der Waals surface area contributed by atoms with E-state index in [4.69, 9.17) is 4.52 Å². The smallest absolute Gasteiger partial charge is 0.227 e. The summed E-state index contributed by atoms with van der Waals surface area (Å²) in [6, 6.07) is 0.695. The van der Waals surface area contributed by atoms with Crippen molar-refractivity contribution in [1.29, 1.82) is 0 Å². The molecular formula is C13H23N3O. The van der Waals surface area contributed by atoms with Crippen LogP contribution in [0.4, 0.5) is 0 Å². The van der Waals surface area contributed by atoms with Crippen LogP contribution in [0.25, 0.3) is 0 Å². The molecule has 1 N–H and O–H groups in total. The van der Waals surface area contributed by atoms with E-state index in [1.165, 1.54) is 32.0 Å². The summed E-state index contributed by atoms with van der Waals surface area (Å²) < 4.78 is 4.99. The van der Waals surface area contributed by atoms with Crippen LogP contribution >= 0.6 is 0 Å². The fourth-order valence-electron chi connectivity index (χ4n) is 2.19. The lowest BCUT2D eigenvalue weighted by atomic mass is 10.0. The van der Waals surface area contributed by atoms with Gasteiger partial charge >= 0.3 is 0 Å². The molecule has 1 atom stereocenters. The summed E-state index contributed by atoms with van der Waals surface area (Å²) >= 11 is 0. The van der Waals surface area contributed by atoms with Gasteiger partial charge in [-0.15, -0.1) is 0 Å². The number of hydrogen-bond donors (Lipinski definition) is 1. The molecule has 1 aliphatic rings. The van der Waals surface area contributed by atoms with E-state index >= 15 is 0 Å². The van der Waals surface area contributed by atoms with Crippen molar-refractivity contribution in [3.8, 4) is 0 Å². The molecule has 0 saturated heterocycles. The Hall–Kier alpha value is -0.900. The molecule has 0 radical (unpaired) electrons. The monoisotopic (exact) mass is 237 g/mol. The third-order valence-electron chi connectivity index (χ3n) is 3.40. The van der Waals surface area contributed by atoms with Gasteiger partial charge in [0.25, 0.3) is 0 Å². The SMILES string of the molecule is CC(C)CCC(NCCc1ncno1)C1CC1. The van der Waals surface area contributed by atoms with E-state index in [2.05, 4.69) is 29.3 Å². The maximum Gasteiger partial charge on any atom is 0.227 e. The molecule has 2 rings (SSSR count). The highest BCUT2D eigenvalue weighted by Gasteiger charge is 2.30. The Balaban J connectivity index is 1.66. The Bertz CT molecular complexity index is 306. The Morgan fingerprint density at radius 3 is 2.82 bits per heavy atom. The largest absolute Gasteiger partial charge is 0.340 e. The van der Waals surface area contributed by atoms with Crippen molar-refractivity contribution < 1.29 is 4.52 Å². The number of hydrogen-bond acceptors (Lipinski definition) is 4. The second kappa shape index (κ2) is 6.15. The fraction of sp³-hybridized carbons (Fsp3) is 0.846. The van der Waals surface area contributed by atoms with E-state index in [9.17, 15) is 0 Å². The van der Waals surface area contributed by atoms with E-state index in [1.807, 2.05) is 0 Å². The summed E-state index contributed by atoms with van der Waals surface area (Å²) in [6.07, 6.45) is 7.71. The van der Waals surface area contributed by atoms with Crippen LogP contribution in [-0.2, 0) is 6.42 Å². The van der Waals surface area contributed by atoms with Gasteiger partial charge in [0.05, 0.1) is 0 Å². The summed E-state index contributed by atoms with van der Waals surface area (Å²) in [4.78, 5) is 4.03. The molecule has 1 heterocycles. The first kappa shape index (κ1) is 12.6. The molecule has 1 unspecified atom stereocenters. The van der Waals surface area contributed by atoms with Gasteiger partial charge in [0.15, 0.2) is 6.33 Å². The summed E-state index contributed by atoms with van der Waals surface area (Å²) in [5, 5.41) is 7.26. The lowest BCUT2D eigenvalue weighted by Crippen LogP contribution is -2.33. The van der Waals surface area contributed by atoms with Crippen LogP contribution in [0.2, 0.25) is 0 Å². The minimum atomic E-state index is 0.695. The number of nitrogens with one attached hydrogen (secondary N) is 1. The lowest BCUT2D eigenvalue weighted by Gasteiger charge is -2.18. The molecule has 4 heteroatoms. The van der Waals surface area contributed by atoms with Crippen molar-refractivity contribution in [2.45, 2.75) is 52.0 Å². The zero-order valence-corrected chi connectivity index (χ0v) is 10.9. The lowest BCUT2D eigenvalue weighted by molar-refractivity contribution is 0.358. The van der Waals surface area contributed by atoms with Gasteiger partial charge in [-0.2, -0.15) is 4.98 Å². The molecule has 0 spiro atoms. The zero-order valence-electron chi connectivity index (χ0n) is 10.9. The molecule has 1 fully saturated rings. The standard InChI is InChI=1S/C13H23N3O/c1-10(2)3-6-12(11-4-5-11)14-8-7-13-15-9-16-17-13/h9-12,14H,3-8H2,1-2H3. The van der Waals surface area contributed by atoms with Crippen LogP contribution in [0, 0.1) is 11.8 Å². The van der Waals surface area contributed by atoms with Gasteiger partial charge in [-0.3, -0.25) is 0 Å². The van der Waals surface area contributed by atoms with Crippen molar-refractivity contribution >= 4 is 0 Å². The van der Waals surface area contributed by atoms with Crippen LogP contribution in [0.3, 0.4) is 0 Å². The van der Waals surface area contributed by atoms with Crippen LogP contribution in [0.5, 0.6) is 0 Å². The zero-order chi connectivity index (χ0) is 12.1. The van der Waals surface area contributed by atoms with Crippen molar-refractivity contribution in [2.24, 2.45) is 11.8 Å². The van der Waals surface area contributed by atoms with Crippen molar-refractivity contribution in [1.82, 2.24) is 15.5 Å². The average molecular weight is 237 g/mol. The first-order valence-corrected chi connectivity index (χ1v) is 6.74. The second-order valence-electron chi connectivity index (χ2n) is 5.45. The Labute approximate surface area is 103 Å². The van der Waals surface area contributed by atoms with Gasteiger partial charge in [0.1, 0.15) is 0 Å². The predicted octanol–water partition coefficient (Wildman–Crippen LogP) is 2.42. The first-order chi connectivity index (χ1) is 8.25. The van der Waals surface area contributed by atoms with E-state index in [-0.39, 0.29) is 0 Å². The van der Waals surface area contributed by atoms with Crippen molar-refractivity contribution in [2.75, 3.05) is 6.54 Å². The van der Waals surface area contributed by atoms with Crippen LogP contribution in [-0.4, -0.2) is 22.7 Å². The minimum Gasteiger partial charge on any atom is -0.340 e. The van der Waals surface area contributed by atoms with Gasteiger partial charge in [0, 0.05) is 19.0 Å². The van der Waals surface area contributed by atoms with E-state index < -0.39 is 0 Å². The fourth-order valence-corrected chi connectivity index (χ4v) is 2.19. The molecule has 0 amide bonds. The summed E-state index contributed by atoms with van der Waals surface area (Å²) in [5.41, 5.74) is 0. The number of nitrogens with zero attached hydrogens (tertiary/aromatic N) is 2. The molecule has 0 bridgehead atoms. The van der Waals surface area contributed by atoms with Gasteiger partial charge < -0.3 is 9.84 Å². The summed E-state index contributed by atoms with van der Waals surface area (Å²) in [7, 11) is 0. The Morgan fingerprint density at radius 2 is 2.24 bits per heavy atom. The van der Waals surface area contributed by atoms with Crippen LogP contribution < -0.4 is 5.32 Å². The first-order valence-electron chi connectivity index (χ1n) is 6.74. The molecule has 0 aliphatic heterocycles. The third-order valence-corrected chi connectivity index (χ3v) is 3.40. The maximum atomic E-state index is 4.99. The molecule has 1 aromatic rings. The molecule has 1 saturated carbocycles. The second-order valence-corrected chi connectivity index (χ2v) is 5.45. The van der Waals surface area contributed by atoms with Gasteiger partial charge in [0.2, 0.25) is 5.89 Å². The summed E-state index contributed by atoms with van der Waals surface area (Å²) in [6.45, 7) is 5.53. The van der Waals surface area contributed by atoms with E-state index in [1.54, 1.807) is 0 Å². The molecule has 17 heavy (non-hydrogen) atoms. The normalized spacial score (nSPS) is 17.6. The topological polar surface area (TPSA) is 51.0 Å². The van der Waals surface area contributed by atoms with Crippen molar-refractivity contribution in [3.63, 3.8) is 0 Å². The Morgan fingerprint density at radius 1 is 1.41 bits per heavy atom. The van der Waals surface area contributed by atoms with Gasteiger partial charge in [-0.25, -0.2) is 0 Å². The summed E-state index contributed by atoms with van der Waals surface area (Å²) in [5.74, 6) is 2.45. The highest BCUT2D eigenvalue weighted by Crippen LogP contribution is 2.34. The molecule has 96 valence electrons. The highest BCUT2D eigenvalue weighted by atomic mass is 16.5. The molecule has 0 aromatic carbocycles. The van der Waals surface area contributed by atoms with E-state index in [0.29, 0.717) is 6.04 Å². The van der Waals surface area contributed by atoms with Gasteiger partial charge in [-0.05, 0) is 37.5 Å². The number of aromatic nitrogens is 2. The van der Waals surface area contributed by atoms with Crippen molar-refractivity contribution in [3.05, 3.63) is 12.2 Å². The molecular weight excluding hydrogens is 214 g/mol. The predicted molar refractivity (Wildman–Crippen MR) is 66.6 cm³/mol. The third kappa shape index (κ3) is 4.46. The maximum absolute atomic E-state index is 4.99. The molecule has 1 aromatic heterocycles. The van der Waals surface area contributed by atoms with Gasteiger partial charge in [-0.1, -0.05) is 19.0 Å². The minimum absolute atomic E-state index is 0.695. The van der Waals surface area contributed by atoms with Crippen LogP contribution in [0.1, 0.15) is 45.4 Å². The Kier molecular flexibility index (Phi) is 4.54. The average Bonchev–Trinajstić information content (AvgIpc) is 3.00. The van der Waals surface area contributed by atoms with E-state index in [0.717, 1.165) is 30.7 Å². The molecule has 1 aliphatic carbocycles.